The largest absolute Gasteiger partial charge is 0.382 e. The number of benzene rings is 1. The van der Waals surface area contributed by atoms with Crippen molar-refractivity contribution in [2.24, 2.45) is 0 Å². The molecule has 19 heavy (non-hydrogen) atoms. The van der Waals surface area contributed by atoms with Crippen molar-refractivity contribution in [3.05, 3.63) is 29.8 Å². The predicted octanol–water partition coefficient (Wildman–Crippen LogP) is 3.45. The Bertz CT molecular complexity index is 758. The molecule has 2 N–H and O–H groups in total. The first kappa shape index (κ1) is 12.0. The van der Waals surface area contributed by atoms with Gasteiger partial charge in [0.2, 0.25) is 0 Å². The van der Waals surface area contributed by atoms with Crippen molar-refractivity contribution < 1.29 is 0 Å². The maximum Gasteiger partial charge on any atom is 0.160 e. The van der Waals surface area contributed by atoms with Gasteiger partial charge in [-0.25, -0.2) is 9.67 Å². The average Bonchev–Trinajstić information content (AvgIpc) is 2.74. The predicted molar refractivity (Wildman–Crippen MR) is 79.2 cm³/mol. The lowest BCUT2D eigenvalue weighted by Crippen LogP contribution is -2.06. The number of aryl methyl sites for hydroxylation is 1. The average molecular weight is 254 g/mol. The molecule has 3 aromatic rings. The zero-order valence-corrected chi connectivity index (χ0v) is 11.5. The molecule has 0 fully saturated rings. The highest BCUT2D eigenvalue weighted by atomic mass is 15.3. The van der Waals surface area contributed by atoms with Gasteiger partial charge in [-0.1, -0.05) is 25.1 Å². The van der Waals surface area contributed by atoms with Gasteiger partial charge >= 0.3 is 0 Å². The number of aromatic nitrogens is 3. The fourth-order valence-electron chi connectivity index (χ4n) is 2.40. The molecule has 4 heteroatoms. The number of pyridine rings is 1. The van der Waals surface area contributed by atoms with E-state index in [1.54, 1.807) is 0 Å². The maximum absolute atomic E-state index is 6.03. The van der Waals surface area contributed by atoms with Crippen LogP contribution in [0, 0.1) is 6.92 Å². The van der Waals surface area contributed by atoms with E-state index >= 15 is 0 Å². The third-order valence-corrected chi connectivity index (χ3v) is 3.74. The summed E-state index contributed by atoms with van der Waals surface area (Å²) < 4.78 is 1.94. The Morgan fingerprint density at radius 3 is 2.89 bits per heavy atom. The first-order chi connectivity index (χ1) is 9.11. The molecule has 1 atom stereocenters. The van der Waals surface area contributed by atoms with Crippen molar-refractivity contribution in [3.8, 4) is 0 Å². The minimum Gasteiger partial charge on any atom is -0.382 e. The van der Waals surface area contributed by atoms with Gasteiger partial charge in [0, 0.05) is 5.39 Å². The van der Waals surface area contributed by atoms with E-state index in [9.17, 15) is 0 Å². The summed E-state index contributed by atoms with van der Waals surface area (Å²) in [6.45, 7) is 6.35. The van der Waals surface area contributed by atoms with Crippen molar-refractivity contribution in [1.29, 1.82) is 0 Å². The summed E-state index contributed by atoms with van der Waals surface area (Å²) in [7, 11) is 0. The van der Waals surface area contributed by atoms with Gasteiger partial charge in [0.05, 0.1) is 16.9 Å². The molecule has 0 saturated heterocycles. The Kier molecular flexibility index (Phi) is 2.66. The van der Waals surface area contributed by atoms with Crippen LogP contribution in [0.15, 0.2) is 24.3 Å². The lowest BCUT2D eigenvalue weighted by molar-refractivity contribution is 0.492. The Hall–Kier alpha value is -2.10. The highest BCUT2D eigenvalue weighted by Gasteiger charge is 2.14. The summed E-state index contributed by atoms with van der Waals surface area (Å²) in [5.74, 6) is 0.561. The highest BCUT2D eigenvalue weighted by molar-refractivity contribution is 5.97. The summed E-state index contributed by atoms with van der Waals surface area (Å²) >= 11 is 0. The number of para-hydroxylation sites is 1. The third kappa shape index (κ3) is 1.75. The molecule has 0 spiro atoms. The quantitative estimate of drug-likeness (QED) is 0.762. The Morgan fingerprint density at radius 1 is 1.37 bits per heavy atom. The zero-order chi connectivity index (χ0) is 13.6. The molecule has 0 radical (unpaired) electrons. The summed E-state index contributed by atoms with van der Waals surface area (Å²) in [6.07, 6.45) is 1.00. The van der Waals surface area contributed by atoms with Gasteiger partial charge in [-0.3, -0.25) is 0 Å². The van der Waals surface area contributed by atoms with E-state index in [1.165, 1.54) is 5.56 Å². The molecular weight excluding hydrogens is 236 g/mol. The SMILES string of the molecule is CCC(C)n1nc(N)c2cc3cccc(C)c3nc21. The number of hydrogen-bond acceptors (Lipinski definition) is 3. The minimum absolute atomic E-state index is 0.300. The molecular formula is C15H18N4. The van der Waals surface area contributed by atoms with Gasteiger partial charge in [0.1, 0.15) is 0 Å². The van der Waals surface area contributed by atoms with E-state index in [-0.39, 0.29) is 0 Å². The molecule has 1 unspecified atom stereocenters. The molecule has 98 valence electrons. The molecule has 3 rings (SSSR count). The first-order valence-corrected chi connectivity index (χ1v) is 6.66. The number of nitrogens with zero attached hydrogens (tertiary/aromatic N) is 3. The van der Waals surface area contributed by atoms with Crippen molar-refractivity contribution in [3.63, 3.8) is 0 Å². The van der Waals surface area contributed by atoms with Gasteiger partial charge in [-0.15, -0.1) is 0 Å². The number of nitrogens with two attached hydrogens (primary N) is 1. The second-order valence-electron chi connectivity index (χ2n) is 5.09. The molecule has 0 aliphatic heterocycles. The van der Waals surface area contributed by atoms with Crippen LogP contribution >= 0.6 is 0 Å². The summed E-state index contributed by atoms with van der Waals surface area (Å²) in [6, 6.07) is 8.57. The van der Waals surface area contributed by atoms with Crippen LogP contribution in [0.4, 0.5) is 5.82 Å². The Balaban J connectivity index is 2.40. The molecule has 0 aliphatic rings. The van der Waals surface area contributed by atoms with Crippen molar-refractivity contribution >= 4 is 27.8 Å². The van der Waals surface area contributed by atoms with E-state index in [1.807, 2.05) is 10.7 Å². The van der Waals surface area contributed by atoms with E-state index < -0.39 is 0 Å². The molecule has 0 bridgehead atoms. The molecule has 0 saturated carbocycles. The van der Waals surface area contributed by atoms with Crippen molar-refractivity contribution in [1.82, 2.24) is 14.8 Å². The number of rotatable bonds is 2. The topological polar surface area (TPSA) is 56.7 Å². The van der Waals surface area contributed by atoms with Gasteiger partial charge < -0.3 is 5.73 Å². The number of hydrogen-bond donors (Lipinski definition) is 1. The minimum atomic E-state index is 0.300. The fourth-order valence-corrected chi connectivity index (χ4v) is 2.40. The summed E-state index contributed by atoms with van der Waals surface area (Å²) in [5.41, 5.74) is 9.11. The van der Waals surface area contributed by atoms with Crippen LogP contribution in [0.3, 0.4) is 0 Å². The second-order valence-corrected chi connectivity index (χ2v) is 5.09. The normalized spacial score (nSPS) is 13.2. The molecule has 2 aromatic heterocycles. The number of fused-ring (bicyclic) bond motifs is 2. The molecule has 2 heterocycles. The Morgan fingerprint density at radius 2 is 2.16 bits per heavy atom. The van der Waals surface area contributed by atoms with Crippen molar-refractivity contribution in [2.75, 3.05) is 5.73 Å². The molecule has 4 nitrogen and oxygen atoms in total. The smallest absolute Gasteiger partial charge is 0.160 e. The third-order valence-electron chi connectivity index (χ3n) is 3.74. The van der Waals surface area contributed by atoms with Crippen LogP contribution in [0.25, 0.3) is 21.9 Å². The van der Waals surface area contributed by atoms with Crippen LogP contribution in [0.1, 0.15) is 31.9 Å². The maximum atomic E-state index is 6.03. The number of anilines is 1. The fraction of sp³-hybridized carbons (Fsp3) is 0.333. The van der Waals surface area contributed by atoms with Crippen LogP contribution in [0.5, 0.6) is 0 Å². The van der Waals surface area contributed by atoms with E-state index in [0.29, 0.717) is 11.9 Å². The van der Waals surface area contributed by atoms with Crippen LogP contribution in [-0.4, -0.2) is 14.8 Å². The second kappa shape index (κ2) is 4.23. The van der Waals surface area contributed by atoms with Crippen LogP contribution in [0.2, 0.25) is 0 Å². The van der Waals surface area contributed by atoms with E-state index in [2.05, 4.69) is 44.1 Å². The van der Waals surface area contributed by atoms with Gasteiger partial charge in [-0.05, 0) is 31.9 Å². The molecule has 0 aliphatic carbocycles. The first-order valence-electron chi connectivity index (χ1n) is 6.66. The molecule has 1 aromatic carbocycles. The van der Waals surface area contributed by atoms with Crippen LogP contribution < -0.4 is 5.73 Å². The van der Waals surface area contributed by atoms with Crippen LogP contribution in [-0.2, 0) is 0 Å². The summed E-state index contributed by atoms with van der Waals surface area (Å²) in [4.78, 5) is 4.79. The van der Waals surface area contributed by atoms with Crippen molar-refractivity contribution in [2.45, 2.75) is 33.2 Å². The van der Waals surface area contributed by atoms with Gasteiger partial charge in [0.15, 0.2) is 11.5 Å². The lowest BCUT2D eigenvalue weighted by Gasteiger charge is -2.10. The Labute approximate surface area is 112 Å². The van der Waals surface area contributed by atoms with Gasteiger partial charge in [-0.2, -0.15) is 5.10 Å². The standard InChI is InChI=1S/C15H18N4/c1-4-10(3)19-15-12(14(16)18-19)8-11-7-5-6-9(2)13(11)17-15/h5-8,10H,4H2,1-3H3,(H2,16,18). The monoisotopic (exact) mass is 254 g/mol. The zero-order valence-electron chi connectivity index (χ0n) is 11.5. The highest BCUT2D eigenvalue weighted by Crippen LogP contribution is 2.27. The van der Waals surface area contributed by atoms with E-state index in [4.69, 9.17) is 10.7 Å². The van der Waals surface area contributed by atoms with Gasteiger partial charge in [0.25, 0.3) is 0 Å². The molecule has 0 amide bonds. The van der Waals surface area contributed by atoms with E-state index in [0.717, 1.165) is 28.4 Å². The lowest BCUT2D eigenvalue weighted by atomic mass is 10.1. The summed E-state index contributed by atoms with van der Waals surface area (Å²) in [5, 5.41) is 6.50. The number of nitrogen functional groups attached to an aromatic ring is 1.